The smallest absolute Gasteiger partial charge is 0.244 e. The number of aliphatic hydroxyl groups excluding tert-OH is 1. The lowest BCUT2D eigenvalue weighted by atomic mass is 9.70. The van der Waals surface area contributed by atoms with Crippen LogP contribution in [-0.4, -0.2) is 75.3 Å². The molecule has 0 aromatic heterocycles. The van der Waals surface area contributed by atoms with Crippen molar-refractivity contribution in [2.24, 2.45) is 11.8 Å². The maximum atomic E-state index is 13.4. The number of amides is 3. The lowest BCUT2D eigenvalue weighted by molar-refractivity contribution is -0.139. The molecule has 0 aromatic rings. The molecule has 9 heteroatoms. The van der Waals surface area contributed by atoms with E-state index in [1.54, 1.807) is 23.7 Å². The summed E-state index contributed by atoms with van der Waals surface area (Å²) in [6, 6.07) is -0.565. The number of hydrogen-bond acceptors (Lipinski definition) is 5. The fourth-order valence-corrected chi connectivity index (χ4v) is 8.63. The molecule has 3 fully saturated rings. The largest absolute Gasteiger partial charge is 0.396 e. The third-order valence-electron chi connectivity index (χ3n) is 6.22. The number of carbonyl (C=O) groups excluding carboxylic acids is 3. The zero-order valence-electron chi connectivity index (χ0n) is 16.4. The summed E-state index contributed by atoms with van der Waals surface area (Å²) < 4.78 is -0.567. The molecule has 3 amide bonds. The minimum atomic E-state index is -0.567. The first-order valence-electron chi connectivity index (χ1n) is 10.2. The number of rotatable bonds is 9. The van der Waals surface area contributed by atoms with Crippen LogP contribution in [0.5, 0.6) is 0 Å². The van der Waals surface area contributed by atoms with E-state index in [0.717, 1.165) is 12.8 Å². The molecule has 0 saturated carbocycles. The molecule has 3 N–H and O–H groups in total. The summed E-state index contributed by atoms with van der Waals surface area (Å²) in [5.41, 5.74) is 0. The Morgan fingerprint density at radius 1 is 1.32 bits per heavy atom. The topological polar surface area (TPSA) is 98.7 Å². The van der Waals surface area contributed by atoms with Gasteiger partial charge in [0.25, 0.3) is 0 Å². The van der Waals surface area contributed by atoms with Crippen LogP contribution in [0.1, 0.15) is 39.0 Å². The van der Waals surface area contributed by atoms with Gasteiger partial charge in [0, 0.05) is 36.8 Å². The molecular formula is C19H30BrN3O4S. The maximum Gasteiger partial charge on any atom is 0.244 e. The Morgan fingerprint density at radius 2 is 2.07 bits per heavy atom. The highest BCUT2D eigenvalue weighted by Crippen LogP contribution is 2.67. The second kappa shape index (κ2) is 8.92. The lowest BCUT2D eigenvalue weighted by Gasteiger charge is -2.35. The molecule has 28 heavy (non-hydrogen) atoms. The Balaban J connectivity index is 1.93. The zero-order chi connectivity index (χ0) is 20.5. The molecule has 0 aliphatic carbocycles. The van der Waals surface area contributed by atoms with Gasteiger partial charge in [-0.25, -0.2) is 0 Å². The van der Waals surface area contributed by atoms with Crippen LogP contribution in [0.3, 0.4) is 0 Å². The second-order valence-corrected chi connectivity index (χ2v) is 10.6. The predicted octanol–water partition coefficient (Wildman–Crippen LogP) is 0.886. The van der Waals surface area contributed by atoms with E-state index in [1.165, 1.54) is 0 Å². The Bertz CT molecular complexity index is 636. The minimum absolute atomic E-state index is 0.000524. The summed E-state index contributed by atoms with van der Waals surface area (Å²) in [4.78, 5) is 41.1. The first-order valence-corrected chi connectivity index (χ1v) is 11.9. The van der Waals surface area contributed by atoms with Gasteiger partial charge < -0.3 is 20.6 Å². The van der Waals surface area contributed by atoms with Crippen molar-refractivity contribution in [1.82, 2.24) is 15.5 Å². The van der Waals surface area contributed by atoms with E-state index < -0.39 is 22.6 Å². The van der Waals surface area contributed by atoms with Gasteiger partial charge in [-0.1, -0.05) is 29.3 Å². The van der Waals surface area contributed by atoms with Crippen molar-refractivity contribution >= 4 is 45.4 Å². The quantitative estimate of drug-likeness (QED) is 0.339. The molecule has 0 aromatic carbocycles. The normalized spacial score (nSPS) is 35.9. The molecule has 3 rings (SSSR count). The Hall–Kier alpha value is -0.800. The molecule has 1 spiro atoms. The van der Waals surface area contributed by atoms with Gasteiger partial charge >= 0.3 is 0 Å². The van der Waals surface area contributed by atoms with Crippen LogP contribution in [0.4, 0.5) is 0 Å². The van der Waals surface area contributed by atoms with Gasteiger partial charge in [-0.2, -0.15) is 0 Å². The Morgan fingerprint density at radius 3 is 2.71 bits per heavy atom. The third-order valence-corrected chi connectivity index (χ3v) is 9.44. The van der Waals surface area contributed by atoms with Crippen molar-refractivity contribution in [2.75, 3.05) is 26.7 Å². The fraction of sp³-hybridized carbons (Fsp3) is 0.842. The molecule has 2 bridgehead atoms. The summed E-state index contributed by atoms with van der Waals surface area (Å²) in [5, 5.41) is 14.9. The first kappa shape index (κ1) is 21.9. The Kier molecular flexibility index (Phi) is 6.97. The summed E-state index contributed by atoms with van der Waals surface area (Å²) in [7, 11) is 1.60. The van der Waals surface area contributed by atoms with Crippen LogP contribution in [0.15, 0.2) is 0 Å². The second-order valence-electron chi connectivity index (χ2n) is 7.88. The van der Waals surface area contributed by atoms with E-state index in [0.29, 0.717) is 32.4 Å². The highest BCUT2D eigenvalue weighted by atomic mass is 79.9. The van der Waals surface area contributed by atoms with Gasteiger partial charge in [0.1, 0.15) is 6.04 Å². The van der Waals surface area contributed by atoms with Crippen molar-refractivity contribution in [3.8, 4) is 0 Å². The predicted molar refractivity (Wildman–Crippen MR) is 112 cm³/mol. The van der Waals surface area contributed by atoms with Crippen LogP contribution < -0.4 is 10.6 Å². The van der Waals surface area contributed by atoms with Gasteiger partial charge in [0.2, 0.25) is 17.7 Å². The van der Waals surface area contributed by atoms with Crippen LogP contribution >= 0.6 is 27.7 Å². The van der Waals surface area contributed by atoms with Gasteiger partial charge in [0.15, 0.2) is 0 Å². The number of fused-ring (bicyclic) bond motifs is 1. The summed E-state index contributed by atoms with van der Waals surface area (Å²) in [6.45, 7) is 3.15. The van der Waals surface area contributed by atoms with E-state index in [2.05, 4.69) is 33.5 Å². The van der Waals surface area contributed by atoms with Crippen molar-refractivity contribution in [3.05, 3.63) is 0 Å². The van der Waals surface area contributed by atoms with E-state index >= 15 is 0 Å². The molecule has 158 valence electrons. The maximum absolute atomic E-state index is 13.4. The van der Waals surface area contributed by atoms with Crippen LogP contribution in [0.25, 0.3) is 0 Å². The van der Waals surface area contributed by atoms with Gasteiger partial charge in [-0.05, 0) is 25.7 Å². The first-order chi connectivity index (χ1) is 13.4. The third kappa shape index (κ3) is 3.47. The number of hydrogen-bond donors (Lipinski definition) is 3. The number of halogens is 1. The van der Waals surface area contributed by atoms with Crippen LogP contribution in [0.2, 0.25) is 0 Å². The molecule has 3 aliphatic heterocycles. The van der Waals surface area contributed by atoms with Crippen molar-refractivity contribution in [2.45, 2.75) is 59.9 Å². The Labute approximate surface area is 178 Å². The number of unbranched alkanes of at least 4 members (excludes halogenated alkanes) is 2. The summed E-state index contributed by atoms with van der Waals surface area (Å²) in [5.74, 6) is -1.21. The zero-order valence-corrected chi connectivity index (χ0v) is 18.9. The number of likely N-dealkylation sites (tertiary alicyclic amines) is 1. The monoisotopic (exact) mass is 475 g/mol. The number of aliphatic hydroxyl groups is 1. The average molecular weight is 476 g/mol. The van der Waals surface area contributed by atoms with Crippen molar-refractivity contribution in [3.63, 3.8) is 0 Å². The highest BCUT2D eigenvalue weighted by molar-refractivity contribution is 9.09. The standard InChI is InChI=1S/C19H30BrN3O4S/c1-3-4-7-22-17(26)15-19-10-11(20)14(28-19)12(16(25)21-2)13(19)18(27)23(15)8-5-6-9-24/h11-15,24H,3-10H2,1-2H3,(H,21,25)(H,22,26)/t11?,12-,13+,14-,15?,19?/m1/s1. The van der Waals surface area contributed by atoms with E-state index in [4.69, 9.17) is 5.11 Å². The molecule has 6 atom stereocenters. The molecular weight excluding hydrogens is 446 g/mol. The summed E-state index contributed by atoms with van der Waals surface area (Å²) in [6.07, 6.45) is 3.80. The van der Waals surface area contributed by atoms with Crippen molar-refractivity contribution in [1.29, 1.82) is 0 Å². The molecule has 7 nitrogen and oxygen atoms in total. The minimum Gasteiger partial charge on any atom is -0.396 e. The van der Waals surface area contributed by atoms with Gasteiger partial charge in [0.05, 0.1) is 16.6 Å². The van der Waals surface area contributed by atoms with E-state index in [1.807, 2.05) is 0 Å². The van der Waals surface area contributed by atoms with Gasteiger partial charge in [-0.15, -0.1) is 11.8 Å². The number of thioether (sulfide) groups is 1. The van der Waals surface area contributed by atoms with E-state index in [9.17, 15) is 14.4 Å². The summed E-state index contributed by atoms with van der Waals surface area (Å²) >= 11 is 5.36. The average Bonchev–Trinajstić information content (AvgIpc) is 3.25. The number of nitrogens with zero attached hydrogens (tertiary/aromatic N) is 1. The van der Waals surface area contributed by atoms with Crippen LogP contribution in [-0.2, 0) is 14.4 Å². The molecule has 0 radical (unpaired) electrons. The van der Waals surface area contributed by atoms with Gasteiger partial charge in [-0.3, -0.25) is 14.4 Å². The SMILES string of the molecule is CCCCNC(=O)C1N(CCCCO)C(=O)[C@@H]2[C@@H](C(=O)NC)[C@@H]3SC12CC3Br. The molecule has 3 saturated heterocycles. The number of alkyl halides is 1. The highest BCUT2D eigenvalue weighted by Gasteiger charge is 2.75. The fourth-order valence-electron chi connectivity index (χ4n) is 5.02. The lowest BCUT2D eigenvalue weighted by Crippen LogP contribution is -2.54. The molecule has 3 aliphatic rings. The van der Waals surface area contributed by atoms with E-state index in [-0.39, 0.29) is 34.4 Å². The molecule has 3 heterocycles. The number of carbonyl (C=O) groups is 3. The van der Waals surface area contributed by atoms with Crippen LogP contribution in [0, 0.1) is 11.8 Å². The van der Waals surface area contributed by atoms with Crippen molar-refractivity contribution < 1.29 is 19.5 Å². The number of nitrogens with one attached hydrogen (secondary N) is 2. The molecule has 3 unspecified atom stereocenters.